The van der Waals surface area contributed by atoms with Crippen molar-refractivity contribution in [2.24, 2.45) is 0 Å². The van der Waals surface area contributed by atoms with Gasteiger partial charge >= 0.3 is 0 Å². The molecule has 0 radical (unpaired) electrons. The molecule has 4 nitrogen and oxygen atoms in total. The van der Waals surface area contributed by atoms with Crippen LogP contribution in [-0.4, -0.2) is 19.9 Å². The smallest absolute Gasteiger partial charge is 0.240 e. The van der Waals surface area contributed by atoms with Gasteiger partial charge in [0.2, 0.25) is 10.0 Å². The zero-order valence-corrected chi connectivity index (χ0v) is 17.0. The highest BCUT2D eigenvalue weighted by Crippen LogP contribution is 2.28. The zero-order chi connectivity index (χ0) is 19.6. The molecule has 1 N–H and O–H groups in total. The third kappa shape index (κ3) is 4.80. The number of hydrogen-bond donors (Lipinski definition) is 1. The zero-order valence-electron chi connectivity index (χ0n) is 15.4. The minimum Gasteiger partial charge on any atom is -0.241 e. The Morgan fingerprint density at radius 2 is 1.67 bits per heavy atom. The highest BCUT2D eigenvalue weighted by atomic mass is 32.2. The van der Waals surface area contributed by atoms with Crippen LogP contribution in [0.3, 0.4) is 0 Å². The molecule has 27 heavy (non-hydrogen) atoms. The van der Waals surface area contributed by atoms with Crippen LogP contribution in [0.25, 0.3) is 10.6 Å². The fourth-order valence-corrected chi connectivity index (χ4v) is 5.13. The number of hydrogen-bond acceptors (Lipinski definition) is 4. The van der Waals surface area contributed by atoms with Crippen molar-refractivity contribution >= 4 is 21.4 Å². The molecule has 0 bridgehead atoms. The maximum absolute atomic E-state index is 13.1. The van der Waals surface area contributed by atoms with E-state index < -0.39 is 10.0 Å². The van der Waals surface area contributed by atoms with Crippen LogP contribution in [0.5, 0.6) is 0 Å². The SMILES string of the molecule is Cc1cc(C)cc(S(=O)(=O)NCCc2sc(-c3ccc(F)cc3)nc2C)c1. The van der Waals surface area contributed by atoms with Gasteiger partial charge in [-0.25, -0.2) is 22.5 Å². The van der Waals surface area contributed by atoms with Gasteiger partial charge in [-0.3, -0.25) is 0 Å². The maximum atomic E-state index is 13.1. The summed E-state index contributed by atoms with van der Waals surface area (Å²) in [5.41, 5.74) is 3.55. The Labute approximate surface area is 163 Å². The first kappa shape index (κ1) is 19.7. The second-order valence-corrected chi connectivity index (χ2v) is 9.36. The number of rotatable bonds is 6. The number of halogens is 1. The topological polar surface area (TPSA) is 59.1 Å². The van der Waals surface area contributed by atoms with E-state index in [2.05, 4.69) is 9.71 Å². The van der Waals surface area contributed by atoms with Gasteiger partial charge in [-0.05, 0) is 74.7 Å². The molecule has 0 saturated carbocycles. The summed E-state index contributed by atoms with van der Waals surface area (Å²) in [5.74, 6) is -0.284. The van der Waals surface area contributed by atoms with Crippen molar-refractivity contribution in [3.63, 3.8) is 0 Å². The van der Waals surface area contributed by atoms with E-state index in [1.54, 1.807) is 24.3 Å². The molecule has 0 atom stereocenters. The van der Waals surface area contributed by atoms with Crippen molar-refractivity contribution in [1.29, 1.82) is 0 Å². The fraction of sp³-hybridized carbons (Fsp3) is 0.250. The van der Waals surface area contributed by atoms with Crippen molar-refractivity contribution in [2.75, 3.05) is 6.54 Å². The molecule has 0 aliphatic carbocycles. The lowest BCUT2D eigenvalue weighted by molar-refractivity contribution is 0.581. The number of thiazole rings is 1. The van der Waals surface area contributed by atoms with Gasteiger partial charge in [0.15, 0.2) is 0 Å². The van der Waals surface area contributed by atoms with Crippen LogP contribution < -0.4 is 4.72 Å². The Balaban J connectivity index is 1.69. The van der Waals surface area contributed by atoms with E-state index in [0.29, 0.717) is 13.0 Å². The number of aryl methyl sites for hydroxylation is 3. The minimum absolute atomic E-state index is 0.284. The van der Waals surface area contributed by atoms with Gasteiger partial charge in [0.1, 0.15) is 10.8 Å². The molecule has 7 heteroatoms. The van der Waals surface area contributed by atoms with Crippen LogP contribution in [0.1, 0.15) is 21.7 Å². The third-order valence-electron chi connectivity index (χ3n) is 4.13. The van der Waals surface area contributed by atoms with Crippen LogP contribution in [0.4, 0.5) is 4.39 Å². The Bertz CT molecular complexity index is 1040. The van der Waals surface area contributed by atoms with Gasteiger partial charge < -0.3 is 0 Å². The molecule has 0 saturated heterocycles. The number of nitrogens with zero attached hydrogens (tertiary/aromatic N) is 1. The number of benzene rings is 2. The van der Waals surface area contributed by atoms with E-state index in [1.165, 1.54) is 23.5 Å². The third-order valence-corrected chi connectivity index (χ3v) is 6.84. The standard InChI is InChI=1S/C20H21FN2O2S2/c1-13-10-14(2)12-18(11-13)27(24,25)22-9-8-19-15(3)23-20(26-19)16-4-6-17(21)7-5-16/h4-7,10-12,22H,8-9H2,1-3H3. The number of aromatic nitrogens is 1. The molecule has 142 valence electrons. The van der Waals surface area contributed by atoms with Gasteiger partial charge in [0.25, 0.3) is 0 Å². The van der Waals surface area contributed by atoms with E-state index in [-0.39, 0.29) is 10.7 Å². The molecule has 1 heterocycles. The summed E-state index contributed by atoms with van der Waals surface area (Å²) in [4.78, 5) is 5.82. The van der Waals surface area contributed by atoms with Crippen molar-refractivity contribution in [2.45, 2.75) is 32.1 Å². The van der Waals surface area contributed by atoms with Crippen LogP contribution in [0, 0.1) is 26.6 Å². The Kier molecular flexibility index (Phi) is 5.74. The summed E-state index contributed by atoms with van der Waals surface area (Å²) >= 11 is 1.50. The lowest BCUT2D eigenvalue weighted by Crippen LogP contribution is -2.26. The molecule has 0 aliphatic rings. The molecule has 0 aliphatic heterocycles. The second-order valence-electron chi connectivity index (χ2n) is 6.51. The van der Waals surface area contributed by atoms with E-state index >= 15 is 0 Å². The van der Waals surface area contributed by atoms with Crippen molar-refractivity contribution in [3.8, 4) is 10.6 Å². The summed E-state index contributed by atoms with van der Waals surface area (Å²) in [6.07, 6.45) is 0.550. The lowest BCUT2D eigenvalue weighted by atomic mass is 10.2. The van der Waals surface area contributed by atoms with Crippen molar-refractivity contribution < 1.29 is 12.8 Å². The van der Waals surface area contributed by atoms with E-state index in [1.807, 2.05) is 26.8 Å². The highest BCUT2D eigenvalue weighted by Gasteiger charge is 2.15. The molecular formula is C20H21FN2O2S2. The van der Waals surface area contributed by atoms with Crippen molar-refractivity contribution in [3.05, 3.63) is 70.0 Å². The van der Waals surface area contributed by atoms with Crippen LogP contribution in [0.15, 0.2) is 47.4 Å². The normalized spacial score (nSPS) is 11.7. The van der Waals surface area contributed by atoms with Crippen LogP contribution >= 0.6 is 11.3 Å². The molecule has 0 fully saturated rings. The largest absolute Gasteiger partial charge is 0.241 e. The van der Waals surface area contributed by atoms with Crippen LogP contribution in [0.2, 0.25) is 0 Å². The quantitative estimate of drug-likeness (QED) is 0.663. The average molecular weight is 405 g/mol. The lowest BCUT2D eigenvalue weighted by Gasteiger charge is -2.08. The summed E-state index contributed by atoms with van der Waals surface area (Å²) < 4.78 is 40.8. The summed E-state index contributed by atoms with van der Waals surface area (Å²) in [6.45, 7) is 5.95. The van der Waals surface area contributed by atoms with Gasteiger partial charge in [0.05, 0.1) is 10.6 Å². The molecule has 0 amide bonds. The Morgan fingerprint density at radius 1 is 1.04 bits per heavy atom. The van der Waals surface area contributed by atoms with Gasteiger partial charge in [-0.2, -0.15) is 0 Å². The minimum atomic E-state index is -3.55. The van der Waals surface area contributed by atoms with Gasteiger partial charge in [-0.1, -0.05) is 6.07 Å². The molecule has 0 spiro atoms. The molecule has 2 aromatic carbocycles. The average Bonchev–Trinajstić information content (AvgIpc) is 2.95. The van der Waals surface area contributed by atoms with Crippen molar-refractivity contribution in [1.82, 2.24) is 9.71 Å². The van der Waals surface area contributed by atoms with Crippen LogP contribution in [-0.2, 0) is 16.4 Å². The summed E-state index contributed by atoms with van der Waals surface area (Å²) in [6, 6.07) is 11.5. The Morgan fingerprint density at radius 3 is 2.30 bits per heavy atom. The number of sulfonamides is 1. The molecular weight excluding hydrogens is 383 g/mol. The predicted octanol–water partition coefficient (Wildman–Crippen LogP) is 4.40. The molecule has 0 unspecified atom stereocenters. The van der Waals surface area contributed by atoms with E-state index in [4.69, 9.17) is 0 Å². The maximum Gasteiger partial charge on any atom is 0.240 e. The molecule has 3 rings (SSSR count). The monoisotopic (exact) mass is 404 g/mol. The highest BCUT2D eigenvalue weighted by molar-refractivity contribution is 7.89. The fourth-order valence-electron chi connectivity index (χ4n) is 2.85. The first-order valence-electron chi connectivity index (χ1n) is 8.55. The van der Waals surface area contributed by atoms with E-state index in [9.17, 15) is 12.8 Å². The first-order valence-corrected chi connectivity index (χ1v) is 10.8. The van der Waals surface area contributed by atoms with Gasteiger partial charge in [-0.15, -0.1) is 11.3 Å². The first-order chi connectivity index (χ1) is 12.7. The second kappa shape index (κ2) is 7.88. The predicted molar refractivity (Wildman–Crippen MR) is 107 cm³/mol. The molecule has 1 aromatic heterocycles. The summed E-state index contributed by atoms with van der Waals surface area (Å²) in [7, 11) is -3.55. The summed E-state index contributed by atoms with van der Waals surface area (Å²) in [5, 5.41) is 0.805. The molecule has 3 aromatic rings. The number of nitrogens with one attached hydrogen (secondary N) is 1. The van der Waals surface area contributed by atoms with E-state index in [0.717, 1.165) is 32.3 Å². The van der Waals surface area contributed by atoms with Gasteiger partial charge in [0, 0.05) is 17.0 Å². The Hall–Kier alpha value is -2.09.